The lowest BCUT2D eigenvalue weighted by atomic mass is 9.90. The van der Waals surface area contributed by atoms with Crippen LogP contribution in [0.4, 0.5) is 18.0 Å². The summed E-state index contributed by atoms with van der Waals surface area (Å²) in [6.07, 6.45) is 4.28. The summed E-state index contributed by atoms with van der Waals surface area (Å²) in [5.41, 5.74) is 2.78. The second-order valence-corrected chi connectivity index (χ2v) is 10.7. The molecule has 2 aromatic rings. The summed E-state index contributed by atoms with van der Waals surface area (Å²) in [5, 5.41) is 12.3. The number of allylic oxidation sites excluding steroid dienone is 2. The molecule has 4 N–H and O–H groups in total. The number of carbonyl (C=O) groups is 2. The van der Waals surface area contributed by atoms with E-state index in [0.29, 0.717) is 23.2 Å². The molecule has 0 aromatic heterocycles. The lowest BCUT2D eigenvalue weighted by Gasteiger charge is -2.33. The largest absolute Gasteiger partial charge is 0.416 e. The first-order chi connectivity index (χ1) is 18.7. The number of imide groups is 1. The van der Waals surface area contributed by atoms with E-state index in [2.05, 4.69) is 26.3 Å². The molecule has 2 aliphatic heterocycles. The Labute approximate surface area is 228 Å². The van der Waals surface area contributed by atoms with E-state index >= 15 is 0 Å². The van der Waals surface area contributed by atoms with Gasteiger partial charge in [0, 0.05) is 30.5 Å². The Balaban J connectivity index is 1.10. The second kappa shape index (κ2) is 11.8. The number of benzene rings is 2. The highest BCUT2D eigenvalue weighted by atomic mass is 32.2. The molecular weight excluding hydrogens is 527 g/mol. The fourth-order valence-corrected chi connectivity index (χ4v) is 5.60. The monoisotopic (exact) mass is 555 g/mol. The van der Waals surface area contributed by atoms with Crippen LogP contribution in [0.25, 0.3) is 11.1 Å². The molecule has 0 spiro atoms. The Morgan fingerprint density at radius 2 is 1.72 bits per heavy atom. The van der Waals surface area contributed by atoms with Crippen LogP contribution in [-0.2, 0) is 17.5 Å². The first-order valence-electron chi connectivity index (χ1n) is 12.7. The van der Waals surface area contributed by atoms with E-state index in [-0.39, 0.29) is 17.6 Å². The highest BCUT2D eigenvalue weighted by molar-refractivity contribution is 8.18. The molecule has 1 aliphatic carbocycles. The van der Waals surface area contributed by atoms with Crippen molar-refractivity contribution in [1.82, 2.24) is 21.3 Å². The lowest BCUT2D eigenvalue weighted by molar-refractivity contribution is -0.137. The summed E-state index contributed by atoms with van der Waals surface area (Å²) in [6, 6.07) is 13.7. The number of halogens is 3. The summed E-state index contributed by atoms with van der Waals surface area (Å²) >= 11 is 0.876. The number of thioether (sulfide) groups is 1. The standard InChI is InChI=1S/C28H28F3N5O2S/c29-28(30,31)19-7-5-17(6-8-19)23-4-2-1-3-18(23)16-33-20-9-11-21(12-10-20)34-26-32-14-13-22(35-26)15-24-25(37)36-27(38)39-24/h1-8,13-15,20-21,26,33-35H,9-12,16H2,(H,36,37,38)/b24-15-/t20-,21-,26?. The molecule has 7 nitrogen and oxygen atoms in total. The third-order valence-corrected chi connectivity index (χ3v) is 7.77. The first-order valence-corrected chi connectivity index (χ1v) is 13.6. The van der Waals surface area contributed by atoms with Crippen LogP contribution < -0.4 is 21.3 Å². The van der Waals surface area contributed by atoms with Crippen LogP contribution in [0, 0.1) is 0 Å². The third kappa shape index (κ3) is 6.97. The molecule has 1 atom stereocenters. The van der Waals surface area contributed by atoms with E-state index in [1.165, 1.54) is 12.1 Å². The number of hydrogen-bond acceptors (Lipinski definition) is 7. The normalized spacial score (nSPS) is 24.4. The Hall–Kier alpha value is -3.41. The maximum absolute atomic E-state index is 12.9. The summed E-state index contributed by atoms with van der Waals surface area (Å²) in [4.78, 5) is 28.0. The lowest BCUT2D eigenvalue weighted by Crippen LogP contribution is -2.49. The molecule has 3 aliphatic rings. The zero-order valence-electron chi connectivity index (χ0n) is 20.9. The van der Waals surface area contributed by atoms with E-state index in [4.69, 9.17) is 0 Å². The quantitative estimate of drug-likeness (QED) is 0.357. The Kier molecular flexibility index (Phi) is 8.20. The van der Waals surface area contributed by atoms with Crippen molar-refractivity contribution >= 4 is 29.1 Å². The minimum absolute atomic E-state index is 0.273. The molecule has 39 heavy (non-hydrogen) atoms. The predicted molar refractivity (Wildman–Crippen MR) is 146 cm³/mol. The molecule has 5 rings (SSSR count). The average Bonchev–Trinajstić information content (AvgIpc) is 3.24. The van der Waals surface area contributed by atoms with Crippen LogP contribution in [0.1, 0.15) is 36.8 Å². The van der Waals surface area contributed by atoms with Crippen LogP contribution in [-0.4, -0.2) is 35.7 Å². The number of rotatable bonds is 7. The van der Waals surface area contributed by atoms with E-state index in [1.54, 1.807) is 18.4 Å². The van der Waals surface area contributed by atoms with Crippen molar-refractivity contribution in [2.45, 2.75) is 56.8 Å². The first kappa shape index (κ1) is 27.2. The van der Waals surface area contributed by atoms with Gasteiger partial charge in [0.25, 0.3) is 11.1 Å². The highest BCUT2D eigenvalue weighted by Crippen LogP contribution is 2.32. The van der Waals surface area contributed by atoms with Crippen molar-refractivity contribution in [2.75, 3.05) is 0 Å². The van der Waals surface area contributed by atoms with Crippen LogP contribution in [0.15, 0.2) is 76.3 Å². The van der Waals surface area contributed by atoms with Gasteiger partial charge in [0.1, 0.15) is 0 Å². The number of hydrogen-bond donors (Lipinski definition) is 4. The number of aliphatic imine (C=N–C) groups is 1. The van der Waals surface area contributed by atoms with Gasteiger partial charge in [-0.1, -0.05) is 36.4 Å². The molecule has 2 fully saturated rings. The number of alkyl halides is 3. The smallest absolute Gasteiger partial charge is 0.351 e. The number of nitrogens with one attached hydrogen (secondary N) is 4. The summed E-state index contributed by atoms with van der Waals surface area (Å²) in [5.74, 6) is -0.396. The van der Waals surface area contributed by atoms with Gasteiger partial charge >= 0.3 is 6.18 Å². The summed E-state index contributed by atoms with van der Waals surface area (Å²) in [6.45, 7) is 0.630. The van der Waals surface area contributed by atoms with Gasteiger partial charge in [-0.05, 0) is 78.4 Å². The van der Waals surface area contributed by atoms with E-state index in [0.717, 1.165) is 66.3 Å². The molecular formula is C28H28F3N5O2S. The van der Waals surface area contributed by atoms with Crippen LogP contribution in [0.3, 0.4) is 0 Å². The highest BCUT2D eigenvalue weighted by Gasteiger charge is 2.30. The van der Waals surface area contributed by atoms with Gasteiger partial charge in [0.2, 0.25) is 0 Å². The molecule has 0 bridgehead atoms. The fraction of sp³-hybridized carbons (Fsp3) is 0.321. The van der Waals surface area contributed by atoms with Crippen LogP contribution in [0.2, 0.25) is 0 Å². The van der Waals surface area contributed by atoms with Crippen molar-refractivity contribution in [1.29, 1.82) is 0 Å². The van der Waals surface area contributed by atoms with Crippen LogP contribution >= 0.6 is 11.8 Å². The van der Waals surface area contributed by atoms with Gasteiger partial charge in [0.05, 0.1) is 10.5 Å². The fourth-order valence-electron chi connectivity index (χ4n) is 4.93. The van der Waals surface area contributed by atoms with Gasteiger partial charge in [0.15, 0.2) is 6.29 Å². The molecule has 0 radical (unpaired) electrons. The minimum atomic E-state index is -4.35. The average molecular weight is 556 g/mol. The predicted octanol–water partition coefficient (Wildman–Crippen LogP) is 5.07. The zero-order valence-corrected chi connectivity index (χ0v) is 21.7. The van der Waals surface area contributed by atoms with Gasteiger partial charge < -0.3 is 10.6 Å². The Morgan fingerprint density at radius 1 is 1.00 bits per heavy atom. The molecule has 11 heteroatoms. The topological polar surface area (TPSA) is 94.6 Å². The van der Waals surface area contributed by atoms with Gasteiger partial charge in [-0.25, -0.2) is 0 Å². The molecule has 204 valence electrons. The second-order valence-electron chi connectivity index (χ2n) is 9.65. The van der Waals surface area contributed by atoms with E-state index in [9.17, 15) is 22.8 Å². The molecule has 1 saturated heterocycles. The van der Waals surface area contributed by atoms with E-state index < -0.39 is 17.6 Å². The van der Waals surface area contributed by atoms with Crippen molar-refractivity contribution in [3.63, 3.8) is 0 Å². The Bertz CT molecular complexity index is 1320. The third-order valence-electron chi connectivity index (χ3n) is 6.96. The molecule has 1 unspecified atom stereocenters. The van der Waals surface area contributed by atoms with Crippen molar-refractivity contribution in [2.24, 2.45) is 4.99 Å². The van der Waals surface area contributed by atoms with Gasteiger partial charge in [-0.3, -0.25) is 25.2 Å². The summed E-state index contributed by atoms with van der Waals surface area (Å²) in [7, 11) is 0. The number of nitrogens with zero attached hydrogens (tertiary/aromatic N) is 1. The van der Waals surface area contributed by atoms with Crippen LogP contribution in [0.5, 0.6) is 0 Å². The number of carbonyl (C=O) groups excluding carboxylic acids is 2. The van der Waals surface area contributed by atoms with Gasteiger partial charge in [-0.15, -0.1) is 0 Å². The molecule has 2 amide bonds. The zero-order chi connectivity index (χ0) is 27.4. The van der Waals surface area contributed by atoms with Crippen molar-refractivity contribution in [3.8, 4) is 11.1 Å². The number of amides is 2. The molecule has 1 saturated carbocycles. The SMILES string of the molecule is O=C1NC(=O)/C(=C/C2=CC=NC(N[C@H]3CC[C@H](NCc4ccccc4-c4ccc(C(F)(F)F)cc4)CC3)N2)S1. The molecule has 2 heterocycles. The van der Waals surface area contributed by atoms with Crippen molar-refractivity contribution in [3.05, 3.63) is 82.4 Å². The Morgan fingerprint density at radius 3 is 2.41 bits per heavy atom. The minimum Gasteiger partial charge on any atom is -0.351 e. The molecule has 2 aromatic carbocycles. The maximum Gasteiger partial charge on any atom is 0.416 e. The van der Waals surface area contributed by atoms with E-state index in [1.807, 2.05) is 24.3 Å². The van der Waals surface area contributed by atoms with Crippen molar-refractivity contribution < 1.29 is 22.8 Å². The summed E-state index contributed by atoms with van der Waals surface area (Å²) < 4.78 is 38.8. The van der Waals surface area contributed by atoms with Gasteiger partial charge in [-0.2, -0.15) is 13.2 Å². The maximum atomic E-state index is 12.9.